The van der Waals surface area contributed by atoms with Gasteiger partial charge in [0.05, 0.1) is 33.4 Å². The summed E-state index contributed by atoms with van der Waals surface area (Å²) in [6.07, 6.45) is 0. The van der Waals surface area contributed by atoms with E-state index in [1.54, 1.807) is 0 Å². The summed E-state index contributed by atoms with van der Waals surface area (Å²) in [5.41, 5.74) is 11.3. The van der Waals surface area contributed by atoms with Crippen LogP contribution in [0.3, 0.4) is 0 Å². The van der Waals surface area contributed by atoms with Crippen molar-refractivity contribution in [2.75, 3.05) is 4.90 Å². The van der Waals surface area contributed by atoms with Crippen LogP contribution in [0.15, 0.2) is 158 Å². The zero-order valence-corrected chi connectivity index (χ0v) is 24.3. The minimum absolute atomic E-state index is 0.880. The van der Waals surface area contributed by atoms with Crippen LogP contribution in [0.4, 0.5) is 17.3 Å². The van der Waals surface area contributed by atoms with Gasteiger partial charge in [0.25, 0.3) is 0 Å². The fourth-order valence-corrected chi connectivity index (χ4v) is 7.31. The van der Waals surface area contributed by atoms with Crippen molar-refractivity contribution in [3.05, 3.63) is 158 Å². The number of rotatable bonds is 2. The molecule has 10 rings (SSSR count). The van der Waals surface area contributed by atoms with Gasteiger partial charge in [-0.05, 0) is 60.0 Å². The highest BCUT2D eigenvalue weighted by atomic mass is 15.3. The Morgan fingerprint density at radius 2 is 1.13 bits per heavy atom. The van der Waals surface area contributed by atoms with Gasteiger partial charge in [0, 0.05) is 38.7 Å². The number of imidazole rings is 1. The smallest absolute Gasteiger partial charge is 0.220 e. The molecule has 4 heteroatoms. The van der Waals surface area contributed by atoms with Crippen LogP contribution in [-0.4, -0.2) is 14.1 Å². The predicted molar refractivity (Wildman–Crippen MR) is 187 cm³/mol. The minimum Gasteiger partial charge on any atom is -0.309 e. The topological polar surface area (TPSA) is 26.0 Å². The normalized spacial score (nSPS) is 12.4. The maximum Gasteiger partial charge on any atom is 0.220 e. The number of hydrogen-bond acceptors (Lipinski definition) is 2. The third-order valence-corrected chi connectivity index (χ3v) is 9.23. The second-order valence-corrected chi connectivity index (χ2v) is 11.7. The Bertz CT molecular complexity index is 2610. The molecule has 3 heterocycles. The maximum absolute atomic E-state index is 5.35. The average Bonchev–Trinajstić information content (AvgIpc) is 3.60. The Labute approximate surface area is 259 Å². The Balaban J connectivity index is 1.33. The van der Waals surface area contributed by atoms with Crippen LogP contribution < -0.4 is 4.90 Å². The SMILES string of the molecule is c1ccc(-n2c3ccccc3c3cc(N4c5ccccc5-c5ccc6ccccc6c5-n5c4nc4ccccc45)ccc32)cc1. The van der Waals surface area contributed by atoms with Gasteiger partial charge in [-0.3, -0.25) is 9.47 Å². The van der Waals surface area contributed by atoms with Crippen molar-refractivity contribution in [2.24, 2.45) is 0 Å². The summed E-state index contributed by atoms with van der Waals surface area (Å²) in [5, 5.41) is 4.85. The van der Waals surface area contributed by atoms with E-state index in [1.807, 2.05) is 0 Å². The molecule has 0 saturated heterocycles. The van der Waals surface area contributed by atoms with Crippen LogP contribution in [0, 0.1) is 0 Å². The molecule has 1 aliphatic heterocycles. The molecule has 0 bridgehead atoms. The van der Waals surface area contributed by atoms with Crippen molar-refractivity contribution >= 4 is 60.9 Å². The molecule has 1 aliphatic rings. The van der Waals surface area contributed by atoms with Gasteiger partial charge in [-0.1, -0.05) is 103 Å². The number of benzene rings is 7. The average molecular weight is 575 g/mol. The molecule has 9 aromatic rings. The first kappa shape index (κ1) is 24.3. The van der Waals surface area contributed by atoms with Crippen molar-refractivity contribution in [3.63, 3.8) is 0 Å². The largest absolute Gasteiger partial charge is 0.309 e. The van der Waals surface area contributed by atoms with E-state index in [2.05, 4.69) is 172 Å². The zero-order chi connectivity index (χ0) is 29.5. The van der Waals surface area contributed by atoms with Gasteiger partial charge >= 0.3 is 0 Å². The Hall–Kier alpha value is -6.13. The summed E-state index contributed by atoms with van der Waals surface area (Å²) in [7, 11) is 0. The van der Waals surface area contributed by atoms with E-state index in [0.29, 0.717) is 0 Å². The quantitative estimate of drug-likeness (QED) is 0.205. The monoisotopic (exact) mass is 574 g/mol. The molecule has 0 N–H and O–H groups in total. The second kappa shape index (κ2) is 9.18. The number of nitrogens with zero attached hydrogens (tertiary/aromatic N) is 4. The molecule has 0 fully saturated rings. The molecule has 0 aliphatic carbocycles. The number of para-hydroxylation sites is 5. The highest BCUT2D eigenvalue weighted by molar-refractivity contribution is 6.11. The van der Waals surface area contributed by atoms with Crippen LogP contribution >= 0.6 is 0 Å². The fraction of sp³-hybridized carbons (Fsp3) is 0. The number of fused-ring (bicyclic) bond motifs is 12. The lowest BCUT2D eigenvalue weighted by Crippen LogP contribution is -2.14. The summed E-state index contributed by atoms with van der Waals surface area (Å²) in [5.74, 6) is 0.880. The van der Waals surface area contributed by atoms with Crippen LogP contribution in [0.5, 0.6) is 0 Å². The minimum atomic E-state index is 0.880. The van der Waals surface area contributed by atoms with E-state index in [0.717, 1.165) is 39.7 Å². The van der Waals surface area contributed by atoms with Crippen molar-refractivity contribution in [2.45, 2.75) is 0 Å². The molecular weight excluding hydrogens is 548 g/mol. The van der Waals surface area contributed by atoms with Gasteiger partial charge in [0.15, 0.2) is 0 Å². The molecular formula is C41H26N4. The Morgan fingerprint density at radius 3 is 2.04 bits per heavy atom. The van der Waals surface area contributed by atoms with E-state index in [4.69, 9.17) is 4.98 Å². The standard InChI is InChI=1S/C41H26N4/c1-2-13-28(14-3-1)43-36-19-9-7-17-32(36)34-26-29(23-25-38(34)43)44-37-20-10-6-16-31(37)33-24-22-27-12-4-5-15-30(27)40(33)45-39-21-11-8-18-35(39)42-41(44)45/h1-26H. The summed E-state index contributed by atoms with van der Waals surface area (Å²) in [6.45, 7) is 0. The Morgan fingerprint density at radius 1 is 0.422 bits per heavy atom. The van der Waals surface area contributed by atoms with Crippen LogP contribution in [-0.2, 0) is 0 Å². The van der Waals surface area contributed by atoms with Gasteiger partial charge in [-0.25, -0.2) is 4.98 Å². The molecule has 2 aromatic heterocycles. The van der Waals surface area contributed by atoms with Gasteiger partial charge in [0.2, 0.25) is 5.95 Å². The first-order chi connectivity index (χ1) is 22.3. The lowest BCUT2D eigenvalue weighted by atomic mass is 9.97. The second-order valence-electron chi connectivity index (χ2n) is 11.7. The van der Waals surface area contributed by atoms with Gasteiger partial charge in [0.1, 0.15) is 0 Å². The lowest BCUT2D eigenvalue weighted by molar-refractivity contribution is 1.06. The van der Waals surface area contributed by atoms with E-state index in [-0.39, 0.29) is 0 Å². The van der Waals surface area contributed by atoms with E-state index in [1.165, 1.54) is 43.7 Å². The highest BCUT2D eigenvalue weighted by Gasteiger charge is 2.30. The number of hydrogen-bond donors (Lipinski definition) is 0. The number of aromatic nitrogens is 3. The summed E-state index contributed by atoms with van der Waals surface area (Å²) in [6, 6.07) is 56.6. The third kappa shape index (κ3) is 3.39. The molecule has 210 valence electrons. The molecule has 45 heavy (non-hydrogen) atoms. The van der Waals surface area contributed by atoms with E-state index in [9.17, 15) is 0 Å². The highest BCUT2D eigenvalue weighted by Crippen LogP contribution is 2.50. The zero-order valence-electron chi connectivity index (χ0n) is 24.3. The molecule has 0 atom stereocenters. The molecule has 0 radical (unpaired) electrons. The predicted octanol–water partition coefficient (Wildman–Crippen LogP) is 10.7. The van der Waals surface area contributed by atoms with Gasteiger partial charge in [-0.2, -0.15) is 0 Å². The maximum atomic E-state index is 5.35. The molecule has 4 nitrogen and oxygen atoms in total. The van der Waals surface area contributed by atoms with E-state index < -0.39 is 0 Å². The molecule has 7 aromatic carbocycles. The van der Waals surface area contributed by atoms with Crippen molar-refractivity contribution < 1.29 is 0 Å². The molecule has 0 saturated carbocycles. The van der Waals surface area contributed by atoms with E-state index >= 15 is 0 Å². The first-order valence-electron chi connectivity index (χ1n) is 15.3. The first-order valence-corrected chi connectivity index (χ1v) is 15.3. The summed E-state index contributed by atoms with van der Waals surface area (Å²) < 4.78 is 4.73. The van der Waals surface area contributed by atoms with Crippen LogP contribution in [0.25, 0.3) is 66.1 Å². The summed E-state index contributed by atoms with van der Waals surface area (Å²) in [4.78, 5) is 7.70. The number of anilines is 3. The van der Waals surface area contributed by atoms with Gasteiger partial charge in [-0.15, -0.1) is 0 Å². The fourth-order valence-electron chi connectivity index (χ4n) is 7.31. The summed E-state index contributed by atoms with van der Waals surface area (Å²) >= 11 is 0. The lowest BCUT2D eigenvalue weighted by Gasteiger charge is -2.24. The van der Waals surface area contributed by atoms with Gasteiger partial charge < -0.3 is 4.57 Å². The molecule has 0 amide bonds. The van der Waals surface area contributed by atoms with Crippen molar-refractivity contribution in [3.8, 4) is 22.5 Å². The molecule has 0 unspecified atom stereocenters. The van der Waals surface area contributed by atoms with Crippen molar-refractivity contribution in [1.82, 2.24) is 14.1 Å². The van der Waals surface area contributed by atoms with Crippen LogP contribution in [0.1, 0.15) is 0 Å². The molecule has 0 spiro atoms. The Kier molecular flexibility index (Phi) is 4.96. The van der Waals surface area contributed by atoms with Crippen molar-refractivity contribution in [1.29, 1.82) is 0 Å². The third-order valence-electron chi connectivity index (χ3n) is 9.23. The van der Waals surface area contributed by atoms with Crippen LogP contribution in [0.2, 0.25) is 0 Å².